The van der Waals surface area contributed by atoms with Crippen LogP contribution >= 0.6 is 0 Å². The lowest BCUT2D eigenvalue weighted by Crippen LogP contribution is -2.44. The van der Waals surface area contributed by atoms with E-state index in [9.17, 15) is 18.3 Å². The Bertz CT molecular complexity index is 1380. The SMILES string of the molecule is COc1ncccc1Nc1ncc2[nH]c(=O)n(C3CCC(CS(=O)(=O)N4CCCC(O)C4)CC3)c2n1. The summed E-state index contributed by atoms with van der Waals surface area (Å²) in [4.78, 5) is 28.7. The van der Waals surface area contributed by atoms with E-state index >= 15 is 0 Å². The van der Waals surface area contributed by atoms with Crippen LogP contribution < -0.4 is 15.7 Å². The first-order valence-electron chi connectivity index (χ1n) is 12.2. The standard InChI is InChI=1S/C23H31N7O5S/c1-35-21-18(5-2-10-24-21)26-22-25-12-19-20(28-22)30(23(32)27-19)16-8-6-15(7-9-16)14-36(33,34)29-11-3-4-17(31)13-29/h2,5,10,12,15-17,31H,3-4,6-9,11,13-14H2,1H3,(H,27,32)(H,25,26,28). The van der Waals surface area contributed by atoms with Crippen molar-refractivity contribution in [3.8, 4) is 5.88 Å². The quantitative estimate of drug-likeness (QED) is 0.425. The Morgan fingerprint density at radius 2 is 2.03 bits per heavy atom. The van der Waals surface area contributed by atoms with Crippen LogP contribution in [0.3, 0.4) is 0 Å². The highest BCUT2D eigenvalue weighted by atomic mass is 32.2. The van der Waals surface area contributed by atoms with Crippen LogP contribution in [0.4, 0.5) is 11.6 Å². The van der Waals surface area contributed by atoms with Gasteiger partial charge in [0.2, 0.25) is 21.9 Å². The summed E-state index contributed by atoms with van der Waals surface area (Å²) in [6.45, 7) is 0.657. The summed E-state index contributed by atoms with van der Waals surface area (Å²) in [6, 6.07) is 3.48. The number of ether oxygens (including phenoxy) is 1. The van der Waals surface area contributed by atoms with Crippen molar-refractivity contribution >= 4 is 32.8 Å². The van der Waals surface area contributed by atoms with Gasteiger partial charge >= 0.3 is 5.69 Å². The van der Waals surface area contributed by atoms with E-state index in [0.29, 0.717) is 73.7 Å². The molecular weight excluding hydrogens is 486 g/mol. The number of fused-ring (bicyclic) bond motifs is 1. The zero-order valence-electron chi connectivity index (χ0n) is 20.1. The molecule has 3 N–H and O–H groups in total. The average molecular weight is 518 g/mol. The lowest BCUT2D eigenvalue weighted by atomic mass is 9.87. The number of anilines is 2. The van der Waals surface area contributed by atoms with Gasteiger partial charge in [-0.1, -0.05) is 0 Å². The highest BCUT2D eigenvalue weighted by Gasteiger charge is 2.33. The number of aliphatic hydroxyl groups is 1. The molecule has 0 amide bonds. The predicted octanol–water partition coefficient (Wildman–Crippen LogP) is 1.78. The Morgan fingerprint density at radius 3 is 2.78 bits per heavy atom. The molecule has 3 aromatic heterocycles. The molecule has 0 aromatic carbocycles. The minimum atomic E-state index is -3.42. The van der Waals surface area contributed by atoms with Crippen LogP contribution in [-0.4, -0.2) is 74.4 Å². The number of pyridine rings is 1. The van der Waals surface area contributed by atoms with E-state index in [0.717, 1.165) is 0 Å². The van der Waals surface area contributed by atoms with Gasteiger partial charge in [-0.05, 0) is 56.6 Å². The largest absolute Gasteiger partial charge is 0.480 e. The number of sulfonamides is 1. The number of rotatable bonds is 7. The van der Waals surface area contributed by atoms with Crippen LogP contribution in [0.15, 0.2) is 29.3 Å². The number of piperidine rings is 1. The molecule has 1 unspecified atom stereocenters. The third-order valence-electron chi connectivity index (χ3n) is 7.05. The highest BCUT2D eigenvalue weighted by molar-refractivity contribution is 7.89. The van der Waals surface area contributed by atoms with Gasteiger partial charge in [-0.2, -0.15) is 9.29 Å². The minimum Gasteiger partial charge on any atom is -0.480 e. The molecule has 5 rings (SSSR count). The van der Waals surface area contributed by atoms with E-state index in [1.807, 2.05) is 0 Å². The Morgan fingerprint density at radius 1 is 1.22 bits per heavy atom. The van der Waals surface area contributed by atoms with Crippen LogP contribution in [0.5, 0.6) is 5.88 Å². The van der Waals surface area contributed by atoms with Gasteiger partial charge in [0.15, 0.2) is 5.65 Å². The predicted molar refractivity (Wildman–Crippen MR) is 134 cm³/mol. The molecule has 36 heavy (non-hydrogen) atoms. The smallest absolute Gasteiger partial charge is 0.327 e. The monoisotopic (exact) mass is 517 g/mol. The summed E-state index contributed by atoms with van der Waals surface area (Å²) in [5, 5.41) is 13.0. The van der Waals surface area contributed by atoms with Gasteiger partial charge in [0, 0.05) is 25.3 Å². The second-order valence-electron chi connectivity index (χ2n) is 9.52. The summed E-state index contributed by atoms with van der Waals surface area (Å²) in [5.74, 6) is 0.819. The Labute approximate surface area is 208 Å². The summed E-state index contributed by atoms with van der Waals surface area (Å²) in [7, 11) is -1.89. The molecule has 4 heterocycles. The summed E-state index contributed by atoms with van der Waals surface area (Å²) < 4.78 is 34.1. The van der Waals surface area contributed by atoms with Crippen molar-refractivity contribution in [1.82, 2.24) is 28.8 Å². The third-order valence-corrected chi connectivity index (χ3v) is 9.06. The van der Waals surface area contributed by atoms with Crippen molar-refractivity contribution < 1.29 is 18.3 Å². The van der Waals surface area contributed by atoms with Crippen molar-refractivity contribution in [2.45, 2.75) is 50.7 Å². The molecule has 2 fully saturated rings. The number of aromatic amines is 1. The molecule has 13 heteroatoms. The van der Waals surface area contributed by atoms with Crippen LogP contribution in [0.2, 0.25) is 0 Å². The topological polar surface area (TPSA) is 155 Å². The van der Waals surface area contributed by atoms with Gasteiger partial charge in [0.1, 0.15) is 11.2 Å². The number of nitrogens with zero attached hydrogens (tertiary/aromatic N) is 5. The Hall–Kier alpha value is -3.03. The molecule has 0 spiro atoms. The Balaban J connectivity index is 1.30. The van der Waals surface area contributed by atoms with E-state index in [-0.39, 0.29) is 29.9 Å². The van der Waals surface area contributed by atoms with E-state index < -0.39 is 16.1 Å². The van der Waals surface area contributed by atoms with Gasteiger partial charge in [-0.15, -0.1) is 0 Å². The molecule has 1 atom stereocenters. The summed E-state index contributed by atoms with van der Waals surface area (Å²) >= 11 is 0. The van der Waals surface area contributed by atoms with Crippen molar-refractivity contribution in [3.63, 3.8) is 0 Å². The van der Waals surface area contributed by atoms with Crippen molar-refractivity contribution in [2.75, 3.05) is 31.3 Å². The number of hydrogen-bond donors (Lipinski definition) is 3. The maximum absolute atomic E-state index is 12.9. The second kappa shape index (κ2) is 10.1. The number of aliphatic hydroxyl groups excluding tert-OH is 1. The van der Waals surface area contributed by atoms with Crippen molar-refractivity contribution in [2.24, 2.45) is 5.92 Å². The highest BCUT2D eigenvalue weighted by Crippen LogP contribution is 2.34. The molecule has 0 bridgehead atoms. The van der Waals surface area contributed by atoms with Gasteiger partial charge in [-0.25, -0.2) is 23.2 Å². The van der Waals surface area contributed by atoms with Crippen molar-refractivity contribution in [3.05, 3.63) is 35.0 Å². The molecule has 1 saturated carbocycles. The van der Waals surface area contributed by atoms with Crippen LogP contribution in [0.25, 0.3) is 11.2 Å². The zero-order chi connectivity index (χ0) is 25.3. The molecule has 2 aliphatic rings. The normalized spacial score (nSPS) is 23.6. The average Bonchev–Trinajstić information content (AvgIpc) is 3.19. The molecule has 194 valence electrons. The first-order valence-corrected chi connectivity index (χ1v) is 13.8. The summed E-state index contributed by atoms with van der Waals surface area (Å²) in [6.07, 6.45) is 6.68. The van der Waals surface area contributed by atoms with Crippen LogP contribution in [-0.2, 0) is 10.0 Å². The fourth-order valence-corrected chi connectivity index (χ4v) is 7.18. The molecule has 12 nitrogen and oxygen atoms in total. The lowest BCUT2D eigenvalue weighted by Gasteiger charge is -2.33. The van der Waals surface area contributed by atoms with Gasteiger partial charge in [0.05, 0.1) is 25.2 Å². The molecule has 0 radical (unpaired) electrons. The van der Waals surface area contributed by atoms with Gasteiger partial charge < -0.3 is 20.1 Å². The second-order valence-corrected chi connectivity index (χ2v) is 11.5. The summed E-state index contributed by atoms with van der Waals surface area (Å²) in [5.41, 5.74) is 1.39. The third kappa shape index (κ3) is 5.08. The van der Waals surface area contributed by atoms with Crippen molar-refractivity contribution in [1.29, 1.82) is 0 Å². The zero-order valence-corrected chi connectivity index (χ0v) is 20.9. The molecule has 1 aliphatic heterocycles. The maximum Gasteiger partial charge on any atom is 0.327 e. The fourth-order valence-electron chi connectivity index (χ4n) is 5.23. The lowest BCUT2D eigenvalue weighted by molar-refractivity contribution is 0.107. The van der Waals surface area contributed by atoms with E-state index in [2.05, 4.69) is 25.3 Å². The van der Waals surface area contributed by atoms with Crippen LogP contribution in [0, 0.1) is 5.92 Å². The van der Waals surface area contributed by atoms with E-state index in [4.69, 9.17) is 4.74 Å². The number of nitrogens with one attached hydrogen (secondary N) is 2. The number of imidazole rings is 1. The molecular formula is C23H31N7O5S. The van der Waals surface area contributed by atoms with Gasteiger partial charge in [0.25, 0.3) is 0 Å². The number of H-pyrrole nitrogens is 1. The Kier molecular flexibility index (Phi) is 6.95. The fraction of sp³-hybridized carbons (Fsp3) is 0.565. The molecule has 1 aliphatic carbocycles. The number of hydrogen-bond acceptors (Lipinski definition) is 9. The first-order chi connectivity index (χ1) is 17.3. The number of methoxy groups -OCH3 is 1. The number of β-amino-alcohol motifs (C(OH)–C–C–N with tert-alkyl or cyclic N) is 1. The molecule has 3 aromatic rings. The first kappa shape index (κ1) is 24.7. The van der Waals surface area contributed by atoms with Gasteiger partial charge in [-0.3, -0.25) is 4.57 Å². The number of aromatic nitrogens is 5. The maximum atomic E-state index is 12.9. The van der Waals surface area contributed by atoms with E-state index in [1.54, 1.807) is 29.1 Å². The van der Waals surface area contributed by atoms with Crippen LogP contribution in [0.1, 0.15) is 44.6 Å². The van der Waals surface area contributed by atoms with E-state index in [1.165, 1.54) is 11.4 Å². The minimum absolute atomic E-state index is 0.0242. The molecule has 1 saturated heterocycles.